The molecule has 1 N–H and O–H groups in total. The third-order valence-electron chi connectivity index (χ3n) is 4.82. The highest BCUT2D eigenvalue weighted by Gasteiger charge is 2.26. The van der Waals surface area contributed by atoms with Crippen LogP contribution in [0.15, 0.2) is 36.4 Å². The largest absolute Gasteiger partial charge is 0.482 e. The standard InChI is InChI=1S/C22H27NO3/c1-5-15-8-17(10-18(9-15)22(2,3)4)12-23-19-11-16(13-24)6-7-20(19)26-14-21(23)25/h6-11,24H,5,12-14H2,1-4H3. The molecule has 138 valence electrons. The van der Waals surface area contributed by atoms with Gasteiger partial charge in [-0.2, -0.15) is 0 Å². The van der Waals surface area contributed by atoms with Crippen molar-refractivity contribution >= 4 is 11.6 Å². The van der Waals surface area contributed by atoms with Crippen molar-refractivity contribution in [3.05, 3.63) is 58.7 Å². The molecular formula is C22H27NO3. The monoisotopic (exact) mass is 353 g/mol. The number of hydrogen-bond donors (Lipinski definition) is 1. The van der Waals surface area contributed by atoms with Gasteiger partial charge in [-0.15, -0.1) is 0 Å². The number of benzene rings is 2. The lowest BCUT2D eigenvalue weighted by Gasteiger charge is -2.30. The maximum atomic E-state index is 12.5. The fourth-order valence-electron chi connectivity index (χ4n) is 3.19. The van der Waals surface area contributed by atoms with Crippen LogP contribution in [0.2, 0.25) is 0 Å². The van der Waals surface area contributed by atoms with E-state index in [2.05, 4.69) is 45.9 Å². The van der Waals surface area contributed by atoms with Crippen molar-refractivity contribution in [3.8, 4) is 5.75 Å². The Morgan fingerprint density at radius 1 is 1.08 bits per heavy atom. The van der Waals surface area contributed by atoms with E-state index in [1.807, 2.05) is 18.2 Å². The number of hydrogen-bond acceptors (Lipinski definition) is 3. The molecule has 4 nitrogen and oxygen atoms in total. The first-order chi connectivity index (χ1) is 12.3. The van der Waals surface area contributed by atoms with Crippen molar-refractivity contribution in [3.63, 3.8) is 0 Å². The van der Waals surface area contributed by atoms with Gasteiger partial charge in [-0.05, 0) is 46.2 Å². The van der Waals surface area contributed by atoms with Crippen molar-refractivity contribution in [2.45, 2.75) is 52.7 Å². The predicted octanol–water partition coefficient (Wildman–Crippen LogP) is 3.96. The molecule has 1 aliphatic rings. The van der Waals surface area contributed by atoms with Gasteiger partial charge in [0.2, 0.25) is 0 Å². The highest BCUT2D eigenvalue weighted by molar-refractivity contribution is 5.97. The maximum Gasteiger partial charge on any atom is 0.265 e. The molecule has 1 heterocycles. The number of rotatable bonds is 4. The fourth-order valence-corrected chi connectivity index (χ4v) is 3.19. The molecule has 26 heavy (non-hydrogen) atoms. The number of anilines is 1. The minimum Gasteiger partial charge on any atom is -0.482 e. The van der Waals surface area contributed by atoms with Crippen molar-refractivity contribution < 1.29 is 14.6 Å². The molecule has 3 rings (SSSR count). The molecule has 0 spiro atoms. The third-order valence-corrected chi connectivity index (χ3v) is 4.82. The van der Waals surface area contributed by atoms with E-state index in [9.17, 15) is 9.90 Å². The van der Waals surface area contributed by atoms with Gasteiger partial charge >= 0.3 is 0 Å². The van der Waals surface area contributed by atoms with E-state index in [0.29, 0.717) is 12.3 Å². The van der Waals surface area contributed by atoms with Gasteiger partial charge in [-0.1, -0.05) is 52.0 Å². The quantitative estimate of drug-likeness (QED) is 0.905. The van der Waals surface area contributed by atoms with Crippen molar-refractivity contribution in [2.75, 3.05) is 11.5 Å². The topological polar surface area (TPSA) is 49.8 Å². The first kappa shape index (κ1) is 18.5. The summed E-state index contributed by atoms with van der Waals surface area (Å²) in [6, 6.07) is 12.1. The first-order valence-corrected chi connectivity index (χ1v) is 9.12. The van der Waals surface area contributed by atoms with Gasteiger partial charge in [0.1, 0.15) is 5.75 Å². The summed E-state index contributed by atoms with van der Waals surface area (Å²) in [5.41, 5.74) is 5.22. The minimum atomic E-state index is -0.0631. The number of aryl methyl sites for hydroxylation is 1. The molecule has 0 radical (unpaired) electrons. The van der Waals surface area contributed by atoms with Crippen molar-refractivity contribution in [1.82, 2.24) is 0 Å². The average molecular weight is 353 g/mol. The summed E-state index contributed by atoms with van der Waals surface area (Å²) in [5, 5.41) is 9.43. The average Bonchev–Trinajstić information content (AvgIpc) is 2.62. The second-order valence-corrected chi connectivity index (χ2v) is 7.87. The summed E-state index contributed by atoms with van der Waals surface area (Å²) < 4.78 is 5.55. The Hall–Kier alpha value is -2.33. The van der Waals surface area contributed by atoms with Gasteiger partial charge in [-0.3, -0.25) is 4.79 Å². The van der Waals surface area contributed by atoms with Crippen molar-refractivity contribution in [1.29, 1.82) is 0 Å². The van der Waals surface area contributed by atoms with Gasteiger partial charge in [0.05, 0.1) is 18.8 Å². The predicted molar refractivity (Wildman–Crippen MR) is 104 cm³/mol. The molecule has 1 aliphatic heterocycles. The number of aliphatic hydroxyl groups excluding tert-OH is 1. The van der Waals surface area contributed by atoms with E-state index in [-0.39, 0.29) is 24.5 Å². The van der Waals surface area contributed by atoms with Gasteiger partial charge in [0.15, 0.2) is 6.61 Å². The van der Waals surface area contributed by atoms with Crippen LogP contribution in [0.5, 0.6) is 5.75 Å². The molecule has 0 atom stereocenters. The normalized spacial score (nSPS) is 14.2. The Morgan fingerprint density at radius 3 is 2.46 bits per heavy atom. The molecule has 2 aromatic rings. The SMILES string of the molecule is CCc1cc(CN2C(=O)COc3ccc(CO)cc32)cc(C(C)(C)C)c1. The number of amides is 1. The highest BCUT2D eigenvalue weighted by Crippen LogP contribution is 2.35. The third kappa shape index (κ3) is 3.75. The van der Waals surface area contributed by atoms with Crippen LogP contribution in [0.4, 0.5) is 5.69 Å². The second-order valence-electron chi connectivity index (χ2n) is 7.87. The number of aliphatic hydroxyl groups is 1. The zero-order chi connectivity index (χ0) is 18.9. The molecule has 0 aromatic heterocycles. The van der Waals surface area contributed by atoms with E-state index < -0.39 is 0 Å². The van der Waals surface area contributed by atoms with Crippen LogP contribution in [-0.2, 0) is 29.8 Å². The van der Waals surface area contributed by atoms with E-state index in [0.717, 1.165) is 23.2 Å². The molecule has 0 fully saturated rings. The van der Waals surface area contributed by atoms with Crippen LogP contribution in [0.1, 0.15) is 49.9 Å². The summed E-state index contributed by atoms with van der Waals surface area (Å²) in [6.07, 6.45) is 0.958. The molecule has 0 unspecified atom stereocenters. The summed E-state index contributed by atoms with van der Waals surface area (Å²) in [6.45, 7) is 9.24. The van der Waals surface area contributed by atoms with Crippen LogP contribution in [-0.4, -0.2) is 17.6 Å². The molecule has 0 saturated heterocycles. The Kier molecular flexibility index (Phi) is 5.05. The molecule has 0 saturated carbocycles. The van der Waals surface area contributed by atoms with Crippen LogP contribution >= 0.6 is 0 Å². The molecule has 4 heteroatoms. The Bertz CT molecular complexity index is 821. The first-order valence-electron chi connectivity index (χ1n) is 9.12. The second kappa shape index (κ2) is 7.12. The van der Waals surface area contributed by atoms with Gasteiger partial charge in [0.25, 0.3) is 5.91 Å². The lowest BCUT2D eigenvalue weighted by Crippen LogP contribution is -2.38. The van der Waals surface area contributed by atoms with Crippen LogP contribution < -0.4 is 9.64 Å². The molecule has 0 aliphatic carbocycles. The smallest absolute Gasteiger partial charge is 0.265 e. The lowest BCUT2D eigenvalue weighted by atomic mass is 9.84. The molecular weight excluding hydrogens is 326 g/mol. The summed E-state index contributed by atoms with van der Waals surface area (Å²) in [7, 11) is 0. The van der Waals surface area contributed by atoms with E-state index in [4.69, 9.17) is 4.74 Å². The van der Waals surface area contributed by atoms with Gasteiger partial charge in [-0.25, -0.2) is 0 Å². The molecule has 2 aromatic carbocycles. The number of nitrogens with zero attached hydrogens (tertiary/aromatic N) is 1. The molecule has 0 bridgehead atoms. The number of carbonyl (C=O) groups is 1. The Morgan fingerprint density at radius 2 is 1.81 bits per heavy atom. The lowest BCUT2D eigenvalue weighted by molar-refractivity contribution is -0.121. The Labute approximate surface area is 155 Å². The van der Waals surface area contributed by atoms with E-state index >= 15 is 0 Å². The van der Waals surface area contributed by atoms with Crippen LogP contribution in [0.25, 0.3) is 0 Å². The van der Waals surface area contributed by atoms with Crippen LogP contribution in [0.3, 0.4) is 0 Å². The van der Waals surface area contributed by atoms with Gasteiger partial charge in [0, 0.05) is 0 Å². The minimum absolute atomic E-state index is 0.0467. The summed E-state index contributed by atoms with van der Waals surface area (Å²) >= 11 is 0. The highest BCUT2D eigenvalue weighted by atomic mass is 16.5. The number of ether oxygens (including phenoxy) is 1. The zero-order valence-corrected chi connectivity index (χ0v) is 16.0. The van der Waals surface area contributed by atoms with E-state index in [1.54, 1.807) is 4.90 Å². The zero-order valence-electron chi connectivity index (χ0n) is 16.0. The van der Waals surface area contributed by atoms with Crippen LogP contribution in [0, 0.1) is 0 Å². The summed E-state index contributed by atoms with van der Waals surface area (Å²) in [4.78, 5) is 14.3. The fraction of sp³-hybridized carbons (Fsp3) is 0.409. The Balaban J connectivity index is 2.00. The molecule has 1 amide bonds. The van der Waals surface area contributed by atoms with Gasteiger partial charge < -0.3 is 14.7 Å². The number of carbonyl (C=O) groups excluding carboxylic acids is 1. The maximum absolute atomic E-state index is 12.5. The summed E-state index contributed by atoms with van der Waals surface area (Å²) in [5.74, 6) is 0.622. The van der Waals surface area contributed by atoms with E-state index in [1.165, 1.54) is 11.1 Å². The van der Waals surface area contributed by atoms with Crippen molar-refractivity contribution in [2.24, 2.45) is 0 Å². The number of fused-ring (bicyclic) bond motifs is 1.